The number of amides is 1. The van der Waals surface area contributed by atoms with Crippen LogP contribution in [-0.2, 0) is 37.2 Å². The number of nitrogens with zero attached hydrogens (tertiary/aromatic N) is 1. The minimum absolute atomic E-state index is 0.0162. The first kappa shape index (κ1) is 35.8. The van der Waals surface area contributed by atoms with Gasteiger partial charge in [-0.2, -0.15) is 0 Å². The van der Waals surface area contributed by atoms with Gasteiger partial charge in [0.1, 0.15) is 25.5 Å². The average molecular weight is 575 g/mol. The number of unbranched alkanes of at least 4 members (excludes halogenated alkanes) is 5. The van der Waals surface area contributed by atoms with E-state index in [2.05, 4.69) is 17.1 Å². The van der Waals surface area contributed by atoms with Crippen LogP contribution in [-0.4, -0.2) is 29.3 Å². The molecule has 0 radical (unpaired) electrons. The number of rotatable bonds is 20. The molecule has 0 heterocycles. The van der Waals surface area contributed by atoms with Crippen molar-refractivity contribution in [1.82, 2.24) is 5.32 Å². The smallest absolute Gasteiger partial charge is 0.325 e. The lowest BCUT2D eigenvalue weighted by Gasteiger charge is -2.08. The monoisotopic (exact) mass is 574 g/mol. The Morgan fingerprint density at radius 1 is 1.00 bits per heavy atom. The van der Waals surface area contributed by atoms with Crippen molar-refractivity contribution in [2.45, 2.75) is 123 Å². The Balaban J connectivity index is 0.000000452. The number of carbonyl (C=O) groups excluding carboxylic acids is 3. The molecule has 9 nitrogen and oxygen atoms in total. The zero-order chi connectivity index (χ0) is 30.1. The highest BCUT2D eigenvalue weighted by atomic mass is 16.9. The van der Waals surface area contributed by atoms with Crippen LogP contribution in [0.5, 0.6) is 0 Å². The lowest BCUT2D eigenvalue weighted by Crippen LogP contribution is -2.30. The first-order valence-corrected chi connectivity index (χ1v) is 15.2. The van der Waals surface area contributed by atoms with Crippen molar-refractivity contribution >= 4 is 17.7 Å². The number of hydrogen-bond donors (Lipinski definition) is 1. The van der Waals surface area contributed by atoms with Gasteiger partial charge >= 0.3 is 5.97 Å². The van der Waals surface area contributed by atoms with Gasteiger partial charge in [0, 0.05) is 19.3 Å². The molecule has 41 heavy (non-hydrogen) atoms. The van der Waals surface area contributed by atoms with Crippen molar-refractivity contribution in [2.24, 2.45) is 5.92 Å². The Morgan fingerprint density at radius 2 is 1.71 bits per heavy atom. The fourth-order valence-corrected chi connectivity index (χ4v) is 4.67. The summed E-state index contributed by atoms with van der Waals surface area (Å²) in [4.78, 5) is 49.3. The highest BCUT2D eigenvalue weighted by Crippen LogP contribution is 2.28. The number of esters is 1. The number of ether oxygens (including phenoxy) is 1. The van der Waals surface area contributed by atoms with Crippen molar-refractivity contribution in [2.75, 3.05) is 6.54 Å². The van der Waals surface area contributed by atoms with Crippen LogP contribution in [0.25, 0.3) is 0 Å². The van der Waals surface area contributed by atoms with E-state index in [1.54, 1.807) is 24.3 Å². The van der Waals surface area contributed by atoms with Crippen LogP contribution >= 0.6 is 0 Å². The molecular formula is C32H50N2O7. The third kappa shape index (κ3) is 20.3. The fourth-order valence-electron chi connectivity index (χ4n) is 4.67. The summed E-state index contributed by atoms with van der Waals surface area (Å²) in [6, 6.07) is 6.73. The molecule has 1 aromatic rings. The van der Waals surface area contributed by atoms with E-state index >= 15 is 0 Å². The second-order valence-corrected chi connectivity index (χ2v) is 10.6. The quantitative estimate of drug-likeness (QED) is 0.0574. The second-order valence-electron chi connectivity index (χ2n) is 10.6. The van der Waals surface area contributed by atoms with Crippen molar-refractivity contribution in [3.05, 3.63) is 57.7 Å². The molecule has 0 atom stereocenters. The van der Waals surface area contributed by atoms with Crippen LogP contribution in [0.1, 0.15) is 121 Å². The molecule has 9 heteroatoms. The molecular weight excluding hydrogens is 524 g/mol. The summed E-state index contributed by atoms with van der Waals surface area (Å²) in [5, 5.41) is 11.8. The van der Waals surface area contributed by atoms with Gasteiger partial charge in [0.2, 0.25) is 5.91 Å². The van der Waals surface area contributed by atoms with Gasteiger partial charge in [0.05, 0.1) is 0 Å². The molecule has 0 aromatic heterocycles. The lowest BCUT2D eigenvalue weighted by molar-refractivity contribution is -0.763. The maximum Gasteiger partial charge on any atom is 0.325 e. The van der Waals surface area contributed by atoms with Crippen LogP contribution in [0.4, 0.5) is 0 Å². The van der Waals surface area contributed by atoms with Crippen LogP contribution < -0.4 is 5.32 Å². The topological polar surface area (TPSA) is 125 Å². The number of Topliss-reactive ketones (excluding diaryl/α,β-unsaturated/α-hetero) is 1. The van der Waals surface area contributed by atoms with Crippen molar-refractivity contribution in [3.8, 4) is 0 Å². The zero-order valence-corrected chi connectivity index (χ0v) is 25.1. The van der Waals surface area contributed by atoms with E-state index in [0.717, 1.165) is 38.0 Å². The van der Waals surface area contributed by atoms with Gasteiger partial charge in [-0.25, -0.2) is 0 Å². The molecule has 0 saturated heterocycles. The number of nitrogens with one attached hydrogen (secondary N) is 1. The third-order valence-electron chi connectivity index (χ3n) is 7.03. The van der Waals surface area contributed by atoms with Crippen LogP contribution in [0, 0.1) is 16.0 Å². The standard InChI is InChI=1S/C17H22N2O6.C15H28O/c1-2-3-4-5-9-16(20)18-11-17(21)24-12-14-7-6-8-15(10-14)13-25-19(22)23;1-2-3-4-5-6-11-15(16)13-12-14-9-7-8-10-14/h2-3,6-8,10H,4-5,9,11-13H2,1H3,(H,18,20);14H,2-13H2,1H3/b3-2-;. The molecule has 1 aliphatic rings. The van der Waals surface area contributed by atoms with E-state index in [9.17, 15) is 24.5 Å². The molecule has 1 fully saturated rings. The van der Waals surface area contributed by atoms with Crippen molar-refractivity contribution in [3.63, 3.8) is 0 Å². The predicted octanol–water partition coefficient (Wildman–Crippen LogP) is 7.19. The minimum atomic E-state index is -0.867. The molecule has 0 aliphatic heterocycles. The number of benzene rings is 1. The molecule has 0 bridgehead atoms. The van der Waals surface area contributed by atoms with Crippen molar-refractivity contribution in [1.29, 1.82) is 0 Å². The van der Waals surface area contributed by atoms with E-state index in [-0.39, 0.29) is 25.7 Å². The van der Waals surface area contributed by atoms with Gasteiger partial charge < -0.3 is 14.9 Å². The van der Waals surface area contributed by atoms with E-state index in [4.69, 9.17) is 4.74 Å². The summed E-state index contributed by atoms with van der Waals surface area (Å²) < 4.78 is 5.06. The van der Waals surface area contributed by atoms with E-state index in [0.29, 0.717) is 23.3 Å². The molecule has 0 spiro atoms. The highest BCUT2D eigenvalue weighted by Gasteiger charge is 2.15. The third-order valence-corrected chi connectivity index (χ3v) is 7.03. The molecule has 1 saturated carbocycles. The molecule has 2 rings (SSSR count). The Hall–Kier alpha value is -3.23. The Labute approximate surface area is 245 Å². The van der Waals surface area contributed by atoms with Gasteiger partial charge in [-0.15, -0.1) is 10.1 Å². The molecule has 1 aromatic carbocycles. The zero-order valence-electron chi connectivity index (χ0n) is 25.1. The lowest BCUT2D eigenvalue weighted by atomic mass is 9.98. The van der Waals surface area contributed by atoms with Crippen LogP contribution in [0.2, 0.25) is 0 Å². The summed E-state index contributed by atoms with van der Waals surface area (Å²) in [5.74, 6) is 0.654. The summed E-state index contributed by atoms with van der Waals surface area (Å²) in [5.41, 5.74) is 1.27. The first-order valence-electron chi connectivity index (χ1n) is 15.2. The fraction of sp³-hybridized carbons (Fsp3) is 0.656. The van der Waals surface area contributed by atoms with Crippen LogP contribution in [0.3, 0.4) is 0 Å². The number of ketones is 1. The highest BCUT2D eigenvalue weighted by molar-refractivity contribution is 5.81. The van der Waals surface area contributed by atoms with Gasteiger partial charge in [-0.1, -0.05) is 94.7 Å². The molecule has 1 N–H and O–H groups in total. The van der Waals surface area contributed by atoms with Gasteiger partial charge in [0.25, 0.3) is 5.09 Å². The summed E-state index contributed by atoms with van der Waals surface area (Å²) >= 11 is 0. The number of hydrogen-bond acceptors (Lipinski definition) is 7. The molecule has 1 aliphatic carbocycles. The summed E-state index contributed by atoms with van der Waals surface area (Å²) in [6.07, 6.45) is 20.6. The molecule has 230 valence electrons. The average Bonchev–Trinajstić information content (AvgIpc) is 3.49. The van der Waals surface area contributed by atoms with Gasteiger partial charge in [0.15, 0.2) is 0 Å². The number of carbonyl (C=O) groups is 3. The summed E-state index contributed by atoms with van der Waals surface area (Å²) in [7, 11) is 0. The predicted molar refractivity (Wildman–Crippen MR) is 159 cm³/mol. The number of allylic oxidation sites excluding steroid dienone is 2. The SMILES string of the molecule is C/C=C\CCCC(=O)NCC(=O)OCc1cccc(CO[N+](=O)[O-])c1.CCCCCCCC(=O)CCC1CCCC1. The maximum absolute atomic E-state index is 11.6. The van der Waals surface area contributed by atoms with Gasteiger partial charge in [-0.05, 0) is 49.7 Å². The second kappa shape index (κ2) is 23.5. The Bertz CT molecular complexity index is 926. The van der Waals surface area contributed by atoms with E-state index < -0.39 is 11.1 Å². The van der Waals surface area contributed by atoms with Crippen LogP contribution in [0.15, 0.2) is 36.4 Å². The summed E-state index contributed by atoms with van der Waals surface area (Å²) in [6.45, 7) is 3.81. The van der Waals surface area contributed by atoms with E-state index in [1.807, 2.05) is 19.1 Å². The Kier molecular flexibility index (Phi) is 20.5. The molecule has 1 amide bonds. The normalized spacial score (nSPS) is 12.9. The van der Waals surface area contributed by atoms with Gasteiger partial charge in [-0.3, -0.25) is 14.4 Å². The maximum atomic E-state index is 11.6. The largest absolute Gasteiger partial charge is 0.460 e. The first-order chi connectivity index (χ1) is 19.8. The Morgan fingerprint density at radius 3 is 2.39 bits per heavy atom. The minimum Gasteiger partial charge on any atom is -0.460 e. The molecule has 0 unspecified atom stereocenters. The van der Waals surface area contributed by atoms with Crippen molar-refractivity contribution < 1.29 is 29.0 Å². The van der Waals surface area contributed by atoms with E-state index in [1.165, 1.54) is 57.8 Å².